The Bertz CT molecular complexity index is 955. The van der Waals surface area contributed by atoms with Crippen molar-refractivity contribution < 1.29 is 44.3 Å². The molecule has 7 nitrogen and oxygen atoms in total. The monoisotopic (exact) mass is 446 g/mol. The summed E-state index contributed by atoms with van der Waals surface area (Å²) in [4.78, 5) is 11.3. The molecule has 1 N–H and O–H groups in total. The van der Waals surface area contributed by atoms with Crippen molar-refractivity contribution in [1.29, 1.82) is 0 Å². The Hall–Kier alpha value is -2.23. The smallest absolute Gasteiger partial charge is 0.493 e. The number of alkyl halides is 2. The molecule has 1 radical (unpaired) electrons. The number of hydrogen-bond donors (Lipinski definition) is 1. The van der Waals surface area contributed by atoms with Crippen molar-refractivity contribution in [3.05, 3.63) is 36.2 Å². The minimum atomic E-state index is -2.92. The fraction of sp³-hybridized carbons (Fsp3) is 0.250. The van der Waals surface area contributed by atoms with Crippen molar-refractivity contribution in [2.24, 2.45) is 0 Å². The number of methoxy groups -OCH3 is 2. The van der Waals surface area contributed by atoms with E-state index in [4.69, 9.17) is 9.47 Å². The molecule has 147 valence electrons. The third-order valence-electron chi connectivity index (χ3n) is 3.51. The minimum absolute atomic E-state index is 0. The summed E-state index contributed by atoms with van der Waals surface area (Å²) in [7, 11) is 1.41. The first-order valence-corrected chi connectivity index (χ1v) is 8.72. The number of ether oxygens (including phenoxy) is 3. The minimum Gasteiger partial charge on any atom is -0.493 e. The van der Waals surface area contributed by atoms with Crippen LogP contribution >= 0.6 is 0 Å². The number of benzene rings is 1. The topological polar surface area (TPSA) is 86.3 Å². The van der Waals surface area contributed by atoms with Gasteiger partial charge in [0, 0.05) is 18.3 Å². The Kier molecular flexibility index (Phi) is 7.11. The predicted octanol–water partition coefficient (Wildman–Crippen LogP) is 2.88. The molecule has 0 saturated carbocycles. The molecule has 1 unspecified atom stereocenters. The summed E-state index contributed by atoms with van der Waals surface area (Å²) in [6.45, 7) is -2.92. The Labute approximate surface area is 166 Å². The van der Waals surface area contributed by atoms with Crippen molar-refractivity contribution in [3.63, 3.8) is 0 Å². The number of pyridine rings is 1. The second kappa shape index (κ2) is 9.11. The third-order valence-corrected chi connectivity index (χ3v) is 4.67. The van der Waals surface area contributed by atoms with Gasteiger partial charge in [-0.25, -0.2) is 4.98 Å². The molecule has 0 amide bonds. The van der Waals surface area contributed by atoms with Gasteiger partial charge >= 0.3 is 23.7 Å². The number of nitrogens with zero attached hydrogens (tertiary/aromatic N) is 2. The normalized spacial score (nSPS) is 11.9. The van der Waals surface area contributed by atoms with Crippen LogP contribution in [-0.2, 0) is 33.6 Å². The van der Waals surface area contributed by atoms with Gasteiger partial charge < -0.3 is 19.2 Å². The van der Waals surface area contributed by atoms with E-state index < -0.39 is 17.4 Å². The van der Waals surface area contributed by atoms with Crippen LogP contribution in [0, 0.1) is 0 Å². The maximum absolute atomic E-state index is 12.6. The zero-order valence-corrected chi connectivity index (χ0v) is 15.9. The molecule has 0 fully saturated rings. The number of nitrogens with one attached hydrogen (secondary N) is 1. The number of aromatic amines is 1. The van der Waals surface area contributed by atoms with Crippen LogP contribution in [0.3, 0.4) is 0 Å². The third kappa shape index (κ3) is 4.74. The van der Waals surface area contributed by atoms with Crippen LogP contribution in [0.2, 0.25) is 0 Å². The standard InChI is InChI=1S/C16H15F2N3O4S.Cu/c1-23-13-5-6-19-12(14(13)24-2)8-26(22)16-20-10-4-3-9(25-15(17)18)7-11(10)21-16;/h3-7,15H,8H2,1-2H3,(H,20,21);/q;+2. The number of fused-ring (bicyclic) bond motifs is 1. The van der Waals surface area contributed by atoms with Crippen LogP contribution < -0.4 is 14.2 Å². The molecular weight excluding hydrogens is 432 g/mol. The van der Waals surface area contributed by atoms with E-state index >= 15 is 0 Å². The van der Waals surface area contributed by atoms with Gasteiger partial charge in [-0.3, -0.25) is 9.19 Å². The molecule has 0 saturated heterocycles. The van der Waals surface area contributed by atoms with E-state index in [0.717, 1.165) is 0 Å². The maximum atomic E-state index is 12.6. The van der Waals surface area contributed by atoms with Crippen molar-refractivity contribution in [3.8, 4) is 17.2 Å². The summed E-state index contributed by atoms with van der Waals surface area (Å²) >= 11 is 0. The second-order valence-electron chi connectivity index (χ2n) is 5.08. The van der Waals surface area contributed by atoms with Gasteiger partial charge in [0.15, 0.2) is 16.7 Å². The predicted molar refractivity (Wildman–Crippen MR) is 90.2 cm³/mol. The van der Waals surface area contributed by atoms with E-state index in [1.165, 1.54) is 38.6 Å². The molecule has 2 aromatic heterocycles. The van der Waals surface area contributed by atoms with E-state index in [1.807, 2.05) is 0 Å². The SMILES string of the molecule is COc1ccnc(CS(=O)c2nc3ccc(OC(F)F)cc3[nH]2)c1OC.[Cu+2]. The first-order valence-electron chi connectivity index (χ1n) is 7.40. The number of imidazole rings is 1. The Balaban J connectivity index is 0.00000261. The van der Waals surface area contributed by atoms with Gasteiger partial charge in [-0.2, -0.15) is 8.78 Å². The van der Waals surface area contributed by atoms with Crippen molar-refractivity contribution in [2.75, 3.05) is 14.2 Å². The van der Waals surface area contributed by atoms with Gasteiger partial charge in [0.2, 0.25) is 0 Å². The molecule has 1 aromatic carbocycles. The summed E-state index contributed by atoms with van der Waals surface area (Å²) in [6.07, 6.45) is 1.53. The molecule has 0 aliphatic rings. The Morgan fingerprint density at radius 3 is 2.67 bits per heavy atom. The van der Waals surface area contributed by atoms with Crippen LogP contribution in [0.1, 0.15) is 5.69 Å². The number of H-pyrrole nitrogens is 1. The number of rotatable bonds is 7. The molecule has 0 spiro atoms. The fourth-order valence-corrected chi connectivity index (χ4v) is 3.41. The van der Waals surface area contributed by atoms with Gasteiger partial charge in [0.1, 0.15) is 5.75 Å². The van der Waals surface area contributed by atoms with E-state index in [2.05, 4.69) is 19.7 Å². The van der Waals surface area contributed by atoms with E-state index in [9.17, 15) is 13.0 Å². The molecule has 3 aromatic rings. The number of halogens is 2. The van der Waals surface area contributed by atoms with E-state index in [-0.39, 0.29) is 33.7 Å². The largest absolute Gasteiger partial charge is 2.00 e. The van der Waals surface area contributed by atoms with Crippen LogP contribution in [0.25, 0.3) is 11.0 Å². The Morgan fingerprint density at radius 2 is 2.00 bits per heavy atom. The van der Waals surface area contributed by atoms with Gasteiger partial charge in [0.25, 0.3) is 0 Å². The molecule has 2 heterocycles. The fourth-order valence-electron chi connectivity index (χ4n) is 2.40. The summed E-state index contributed by atoms with van der Waals surface area (Å²) in [6, 6.07) is 5.89. The first kappa shape index (κ1) is 21.1. The zero-order chi connectivity index (χ0) is 18.7. The van der Waals surface area contributed by atoms with Gasteiger partial charge in [0.05, 0.1) is 47.5 Å². The maximum Gasteiger partial charge on any atom is 2.00 e. The molecule has 0 aliphatic heterocycles. The van der Waals surface area contributed by atoms with Gasteiger partial charge in [-0.1, -0.05) is 0 Å². The summed E-state index contributed by atoms with van der Waals surface area (Å²) in [5, 5.41) is 0.195. The Morgan fingerprint density at radius 1 is 1.22 bits per heavy atom. The first-order chi connectivity index (χ1) is 12.5. The molecule has 27 heavy (non-hydrogen) atoms. The molecule has 1 atom stereocenters. The van der Waals surface area contributed by atoms with Crippen molar-refractivity contribution in [1.82, 2.24) is 15.0 Å². The van der Waals surface area contributed by atoms with E-state index in [0.29, 0.717) is 28.2 Å². The summed E-state index contributed by atoms with van der Waals surface area (Å²) in [5.74, 6) is 0.908. The average molecular weight is 447 g/mol. The van der Waals surface area contributed by atoms with E-state index in [1.54, 1.807) is 6.07 Å². The summed E-state index contributed by atoms with van der Waals surface area (Å²) in [5.41, 5.74) is 1.38. The van der Waals surface area contributed by atoms with Crippen LogP contribution in [0.4, 0.5) is 8.78 Å². The van der Waals surface area contributed by atoms with Crippen molar-refractivity contribution >= 4 is 21.8 Å². The van der Waals surface area contributed by atoms with Gasteiger partial charge in [-0.05, 0) is 12.1 Å². The van der Waals surface area contributed by atoms with Crippen molar-refractivity contribution in [2.45, 2.75) is 17.5 Å². The summed E-state index contributed by atoms with van der Waals surface area (Å²) < 4.78 is 52.1. The molecular formula is C16H15CuF2N3O4S+2. The molecule has 3 rings (SSSR count). The average Bonchev–Trinajstić information content (AvgIpc) is 3.04. The quantitative estimate of drug-likeness (QED) is 0.561. The number of aromatic nitrogens is 3. The second-order valence-corrected chi connectivity index (χ2v) is 6.45. The van der Waals surface area contributed by atoms with Crippen LogP contribution in [0.15, 0.2) is 35.6 Å². The zero-order valence-electron chi connectivity index (χ0n) is 14.2. The van der Waals surface area contributed by atoms with Crippen LogP contribution in [-0.4, -0.2) is 40.0 Å². The van der Waals surface area contributed by atoms with Gasteiger partial charge in [-0.15, -0.1) is 0 Å². The molecule has 0 bridgehead atoms. The number of hydrogen-bond acceptors (Lipinski definition) is 6. The molecule has 11 heteroatoms. The van der Waals surface area contributed by atoms with Crippen LogP contribution in [0.5, 0.6) is 17.2 Å². The molecule has 0 aliphatic carbocycles.